The van der Waals surface area contributed by atoms with E-state index in [0.717, 1.165) is 21.5 Å². The summed E-state index contributed by atoms with van der Waals surface area (Å²) < 4.78 is 0. The van der Waals surface area contributed by atoms with Gasteiger partial charge in [0.15, 0.2) is 0 Å². The number of carbonyl (C=O) groups is 1. The fourth-order valence-corrected chi connectivity index (χ4v) is 10.2. The van der Waals surface area contributed by atoms with Crippen LogP contribution in [0.5, 0.6) is 0 Å². The minimum absolute atomic E-state index is 0.271. The van der Waals surface area contributed by atoms with Crippen molar-refractivity contribution in [3.05, 3.63) is 126 Å². The topological polar surface area (TPSA) is 37.3 Å². The van der Waals surface area contributed by atoms with Crippen molar-refractivity contribution in [3.8, 4) is 0 Å². The van der Waals surface area contributed by atoms with Gasteiger partial charge in [-0.05, 0) is 0 Å². The van der Waals surface area contributed by atoms with E-state index in [1.54, 1.807) is 12.1 Å². The SMILES string of the molecule is O=C(O)c1ccc(CP(Cl)(c2ccccc2)(c2ccccc2)c2ccccc2)cc1. The number of aromatic carboxylic acids is 1. The summed E-state index contributed by atoms with van der Waals surface area (Å²) in [5.74, 6) is -4.33. The van der Waals surface area contributed by atoms with Crippen LogP contribution < -0.4 is 15.9 Å². The van der Waals surface area contributed by atoms with Gasteiger partial charge in [-0.2, -0.15) is 0 Å². The molecule has 0 bridgehead atoms. The first-order valence-corrected chi connectivity index (χ1v) is 13.1. The van der Waals surface area contributed by atoms with E-state index < -0.39 is 11.9 Å². The average Bonchev–Trinajstić information content (AvgIpc) is 2.81. The maximum absolute atomic E-state index is 11.3. The molecule has 4 aromatic carbocycles. The predicted molar refractivity (Wildman–Crippen MR) is 128 cm³/mol. The van der Waals surface area contributed by atoms with E-state index >= 15 is 0 Å². The van der Waals surface area contributed by atoms with Crippen LogP contribution in [0.1, 0.15) is 15.9 Å². The van der Waals surface area contributed by atoms with Crippen molar-refractivity contribution >= 4 is 39.1 Å². The molecule has 4 rings (SSSR count). The van der Waals surface area contributed by atoms with Gasteiger partial charge in [0.1, 0.15) is 0 Å². The number of hydrogen-bond donors (Lipinski definition) is 1. The first-order valence-electron chi connectivity index (χ1n) is 9.74. The Morgan fingerprint density at radius 3 is 1.33 bits per heavy atom. The Hall–Kier alpha value is -2.93. The van der Waals surface area contributed by atoms with Gasteiger partial charge >= 0.3 is 182 Å². The van der Waals surface area contributed by atoms with Gasteiger partial charge in [0.25, 0.3) is 0 Å². The van der Waals surface area contributed by atoms with Gasteiger partial charge in [-0.1, -0.05) is 0 Å². The van der Waals surface area contributed by atoms with Crippen molar-refractivity contribution in [1.29, 1.82) is 0 Å². The second-order valence-electron chi connectivity index (χ2n) is 7.35. The maximum atomic E-state index is 11.3. The molecule has 4 heteroatoms. The van der Waals surface area contributed by atoms with Gasteiger partial charge in [-0.15, -0.1) is 0 Å². The van der Waals surface area contributed by atoms with Crippen molar-refractivity contribution in [2.75, 3.05) is 0 Å². The summed E-state index contributed by atoms with van der Waals surface area (Å²) in [6, 6.07) is 37.9. The third-order valence-electron chi connectivity index (χ3n) is 5.56. The summed E-state index contributed by atoms with van der Waals surface area (Å²) in [5.41, 5.74) is 1.27. The Kier molecular flexibility index (Phi) is 5.47. The van der Waals surface area contributed by atoms with Gasteiger partial charge in [-0.25, -0.2) is 0 Å². The predicted octanol–water partition coefficient (Wildman–Crippen LogP) is 5.57. The van der Waals surface area contributed by atoms with Crippen LogP contribution in [-0.2, 0) is 6.16 Å². The molecule has 0 radical (unpaired) electrons. The van der Waals surface area contributed by atoms with E-state index in [-0.39, 0.29) is 5.56 Å². The fraction of sp³-hybridized carbons (Fsp3) is 0.0385. The van der Waals surface area contributed by atoms with Crippen molar-refractivity contribution in [2.45, 2.75) is 6.16 Å². The van der Waals surface area contributed by atoms with Crippen LogP contribution in [0.25, 0.3) is 0 Å². The van der Waals surface area contributed by atoms with Crippen LogP contribution in [0.2, 0.25) is 0 Å². The molecule has 0 spiro atoms. The molecular formula is C26H22ClO2P. The molecule has 0 aliphatic rings. The van der Waals surface area contributed by atoms with Crippen LogP contribution in [0, 0.1) is 0 Å². The molecule has 0 heterocycles. The number of halogens is 1. The Balaban J connectivity index is 2.02. The molecule has 0 unspecified atom stereocenters. The normalized spacial score (nSPS) is 12.6. The van der Waals surface area contributed by atoms with Crippen molar-refractivity contribution in [2.24, 2.45) is 0 Å². The first-order chi connectivity index (χ1) is 14.5. The van der Waals surface area contributed by atoms with E-state index in [2.05, 4.69) is 36.4 Å². The number of hydrogen-bond acceptors (Lipinski definition) is 1. The van der Waals surface area contributed by atoms with Gasteiger partial charge < -0.3 is 0 Å². The molecule has 150 valence electrons. The van der Waals surface area contributed by atoms with Gasteiger partial charge in [0, 0.05) is 0 Å². The van der Waals surface area contributed by atoms with E-state index in [4.69, 9.17) is 11.2 Å². The third kappa shape index (κ3) is 3.43. The quantitative estimate of drug-likeness (QED) is 0.404. The Bertz CT molecular complexity index is 1040. The summed E-state index contributed by atoms with van der Waals surface area (Å²) in [7, 11) is 0. The zero-order valence-corrected chi connectivity index (χ0v) is 18.0. The van der Waals surface area contributed by atoms with E-state index in [1.165, 1.54) is 0 Å². The minimum atomic E-state index is -3.40. The summed E-state index contributed by atoms with van der Waals surface area (Å²) >= 11 is 8.03. The first kappa shape index (κ1) is 20.3. The number of carboxylic acids is 1. The van der Waals surface area contributed by atoms with Crippen LogP contribution in [0.15, 0.2) is 115 Å². The Morgan fingerprint density at radius 2 is 1.00 bits per heavy atom. The monoisotopic (exact) mass is 432 g/mol. The zero-order chi connectivity index (χ0) is 21.1. The number of rotatable bonds is 6. The van der Waals surface area contributed by atoms with E-state index in [0.29, 0.717) is 6.16 Å². The second-order valence-corrected chi connectivity index (χ2v) is 13.8. The molecule has 0 aliphatic carbocycles. The average molecular weight is 433 g/mol. The molecule has 0 aliphatic heterocycles. The van der Waals surface area contributed by atoms with Gasteiger partial charge in [0.05, 0.1) is 0 Å². The van der Waals surface area contributed by atoms with Crippen molar-refractivity contribution in [1.82, 2.24) is 0 Å². The Labute approximate surface area is 181 Å². The molecule has 0 saturated heterocycles. The van der Waals surface area contributed by atoms with Crippen LogP contribution in [0.3, 0.4) is 0 Å². The molecule has 2 nitrogen and oxygen atoms in total. The number of carboxylic acid groups (broad SMARTS) is 1. The van der Waals surface area contributed by atoms with Crippen LogP contribution in [-0.4, -0.2) is 11.1 Å². The molecule has 4 aromatic rings. The third-order valence-corrected chi connectivity index (χ3v) is 12.8. The van der Waals surface area contributed by atoms with Crippen LogP contribution in [0.4, 0.5) is 0 Å². The van der Waals surface area contributed by atoms with E-state index in [9.17, 15) is 9.90 Å². The summed E-state index contributed by atoms with van der Waals surface area (Å²) in [5, 5.41) is 12.5. The molecule has 0 fully saturated rings. The standard InChI is InChI=1S/C26H22ClO2P/c27-30(23-10-4-1-5-11-23,24-12-6-2-7-13-24,25-14-8-3-9-15-25)20-21-16-18-22(19-17-21)26(28)29/h1-19H,20H2,(H,28,29). The molecule has 0 amide bonds. The molecule has 1 N–H and O–H groups in total. The summed E-state index contributed by atoms with van der Waals surface area (Å²) in [4.78, 5) is 11.3. The fourth-order valence-electron chi connectivity index (χ4n) is 4.03. The molecule has 0 saturated carbocycles. The number of benzene rings is 4. The van der Waals surface area contributed by atoms with Crippen molar-refractivity contribution in [3.63, 3.8) is 0 Å². The second kappa shape index (κ2) is 8.07. The molecule has 0 atom stereocenters. The summed E-state index contributed by atoms with van der Waals surface area (Å²) in [6.07, 6.45) is 0.588. The molecule has 30 heavy (non-hydrogen) atoms. The summed E-state index contributed by atoms with van der Waals surface area (Å²) in [6.45, 7) is 0. The molecular weight excluding hydrogens is 411 g/mol. The van der Waals surface area contributed by atoms with E-state index in [1.807, 2.05) is 66.7 Å². The van der Waals surface area contributed by atoms with Crippen LogP contribution >= 0.6 is 17.2 Å². The van der Waals surface area contributed by atoms with Gasteiger partial charge in [-0.3, -0.25) is 0 Å². The Morgan fingerprint density at radius 1 is 0.633 bits per heavy atom. The van der Waals surface area contributed by atoms with Crippen molar-refractivity contribution < 1.29 is 9.90 Å². The molecule has 0 aromatic heterocycles. The van der Waals surface area contributed by atoms with Gasteiger partial charge in [0.2, 0.25) is 0 Å². The zero-order valence-electron chi connectivity index (χ0n) is 16.4.